The van der Waals surface area contributed by atoms with Crippen molar-refractivity contribution in [3.63, 3.8) is 0 Å². The number of aryl methyl sites for hydroxylation is 1. The third-order valence-electron chi connectivity index (χ3n) is 5.20. The number of amides is 3. The van der Waals surface area contributed by atoms with E-state index >= 15 is 0 Å². The van der Waals surface area contributed by atoms with Crippen LogP contribution in [0, 0.1) is 11.7 Å². The average Bonchev–Trinajstić information content (AvgIpc) is 3.16. The van der Waals surface area contributed by atoms with E-state index in [0.717, 1.165) is 5.56 Å². The predicted molar refractivity (Wildman–Crippen MR) is 100 cm³/mol. The number of anilines is 3. The molecular formula is C19H20FN5O3. The van der Waals surface area contributed by atoms with Crippen LogP contribution in [0.25, 0.3) is 0 Å². The molecule has 4 rings (SSSR count). The van der Waals surface area contributed by atoms with Crippen molar-refractivity contribution in [2.24, 2.45) is 13.0 Å². The molecule has 8 nitrogen and oxygen atoms in total. The monoisotopic (exact) mass is 385 g/mol. The summed E-state index contributed by atoms with van der Waals surface area (Å²) in [4.78, 5) is 38.3. The highest BCUT2D eigenvalue weighted by Gasteiger charge is 2.37. The maximum Gasteiger partial charge on any atom is 0.231 e. The standard InChI is InChI=1S/C19H20FN5O3/c1-10-7-14(26)21-18-16(10)17(23-24(18)2)22-19(28)11-8-15(27)25(9-11)13-5-3-12(20)4-6-13/h3-6,10-11H,7-9H2,1-2H3,(H,21,26)(H,22,23,28)/t10-,11-/m1/s1. The van der Waals surface area contributed by atoms with Gasteiger partial charge in [-0.3, -0.25) is 19.1 Å². The highest BCUT2D eigenvalue weighted by atomic mass is 19.1. The van der Waals surface area contributed by atoms with Gasteiger partial charge in [0.2, 0.25) is 17.7 Å². The minimum Gasteiger partial charge on any atom is -0.312 e. The highest BCUT2D eigenvalue weighted by molar-refractivity contribution is 6.04. The molecule has 1 aromatic heterocycles. The maximum atomic E-state index is 13.1. The van der Waals surface area contributed by atoms with E-state index in [1.165, 1.54) is 33.8 Å². The van der Waals surface area contributed by atoms with Crippen LogP contribution in [0.5, 0.6) is 0 Å². The van der Waals surface area contributed by atoms with Gasteiger partial charge in [0, 0.05) is 37.7 Å². The minimum atomic E-state index is -0.538. The average molecular weight is 385 g/mol. The zero-order valence-corrected chi connectivity index (χ0v) is 15.5. The molecule has 2 aliphatic heterocycles. The van der Waals surface area contributed by atoms with Crippen molar-refractivity contribution in [3.05, 3.63) is 35.6 Å². The Morgan fingerprint density at radius 3 is 2.68 bits per heavy atom. The van der Waals surface area contributed by atoms with Crippen LogP contribution in [0.4, 0.5) is 21.7 Å². The van der Waals surface area contributed by atoms with Gasteiger partial charge in [-0.15, -0.1) is 0 Å². The normalized spacial score (nSPS) is 21.5. The van der Waals surface area contributed by atoms with Crippen LogP contribution in [0.2, 0.25) is 0 Å². The van der Waals surface area contributed by atoms with Crippen LogP contribution < -0.4 is 15.5 Å². The topological polar surface area (TPSA) is 96.3 Å². The molecule has 2 aromatic rings. The summed E-state index contributed by atoms with van der Waals surface area (Å²) in [6, 6.07) is 5.61. The molecule has 28 heavy (non-hydrogen) atoms. The van der Waals surface area contributed by atoms with E-state index in [1.807, 2.05) is 6.92 Å². The number of hydrogen-bond acceptors (Lipinski definition) is 4. The fraction of sp³-hybridized carbons (Fsp3) is 0.368. The van der Waals surface area contributed by atoms with Crippen molar-refractivity contribution in [1.29, 1.82) is 0 Å². The molecule has 146 valence electrons. The largest absolute Gasteiger partial charge is 0.312 e. The number of aromatic nitrogens is 2. The molecule has 0 aliphatic carbocycles. The van der Waals surface area contributed by atoms with E-state index in [2.05, 4.69) is 15.7 Å². The lowest BCUT2D eigenvalue weighted by molar-refractivity contribution is -0.122. The maximum absolute atomic E-state index is 13.1. The molecule has 3 heterocycles. The lowest BCUT2D eigenvalue weighted by Crippen LogP contribution is -2.28. The quantitative estimate of drug-likeness (QED) is 0.845. The summed E-state index contributed by atoms with van der Waals surface area (Å²) in [6.07, 6.45) is 0.395. The molecule has 2 aliphatic rings. The Bertz CT molecular complexity index is 969. The molecule has 1 fully saturated rings. The summed E-state index contributed by atoms with van der Waals surface area (Å²) in [6.45, 7) is 2.13. The van der Waals surface area contributed by atoms with Crippen molar-refractivity contribution in [3.8, 4) is 0 Å². The Labute approximate surface area is 160 Å². The number of benzene rings is 1. The molecule has 2 N–H and O–H groups in total. The lowest BCUT2D eigenvalue weighted by atomic mass is 9.95. The molecule has 0 saturated carbocycles. The summed E-state index contributed by atoms with van der Waals surface area (Å²) in [5.41, 5.74) is 1.35. The molecule has 2 atom stereocenters. The minimum absolute atomic E-state index is 0.0739. The van der Waals surface area contributed by atoms with Crippen LogP contribution in [-0.4, -0.2) is 34.0 Å². The Hall–Kier alpha value is -3.23. The fourth-order valence-corrected chi connectivity index (χ4v) is 3.78. The van der Waals surface area contributed by atoms with Crippen LogP contribution in [0.3, 0.4) is 0 Å². The molecule has 0 bridgehead atoms. The fourth-order valence-electron chi connectivity index (χ4n) is 3.78. The third kappa shape index (κ3) is 3.12. The van der Waals surface area contributed by atoms with E-state index < -0.39 is 5.92 Å². The number of halogens is 1. The van der Waals surface area contributed by atoms with E-state index in [9.17, 15) is 18.8 Å². The van der Waals surface area contributed by atoms with Crippen molar-refractivity contribution < 1.29 is 18.8 Å². The summed E-state index contributed by atoms with van der Waals surface area (Å²) in [5, 5.41) is 9.92. The molecule has 0 unspecified atom stereocenters. The zero-order valence-electron chi connectivity index (χ0n) is 15.5. The number of rotatable bonds is 3. The predicted octanol–water partition coefficient (Wildman–Crippen LogP) is 2.00. The Kier molecular flexibility index (Phi) is 4.37. The van der Waals surface area contributed by atoms with Gasteiger partial charge in [0.05, 0.1) is 5.92 Å². The second-order valence-electron chi connectivity index (χ2n) is 7.26. The van der Waals surface area contributed by atoms with Gasteiger partial charge in [-0.1, -0.05) is 6.92 Å². The number of nitrogens with one attached hydrogen (secondary N) is 2. The number of hydrogen-bond donors (Lipinski definition) is 2. The summed E-state index contributed by atoms with van der Waals surface area (Å²) in [7, 11) is 1.70. The van der Waals surface area contributed by atoms with Gasteiger partial charge in [-0.05, 0) is 30.2 Å². The van der Waals surface area contributed by atoms with Crippen molar-refractivity contribution in [2.45, 2.75) is 25.7 Å². The van der Waals surface area contributed by atoms with Crippen molar-refractivity contribution >= 4 is 35.0 Å². The SMILES string of the molecule is C[C@@H]1CC(=O)Nc2c1c(NC(=O)[C@@H]1CC(=O)N(c3ccc(F)cc3)C1)nn2C. The summed E-state index contributed by atoms with van der Waals surface area (Å²) >= 11 is 0. The highest BCUT2D eigenvalue weighted by Crippen LogP contribution is 2.37. The lowest BCUT2D eigenvalue weighted by Gasteiger charge is -2.20. The first kappa shape index (κ1) is 18.1. The van der Waals surface area contributed by atoms with Gasteiger partial charge < -0.3 is 15.5 Å². The van der Waals surface area contributed by atoms with E-state index in [1.54, 1.807) is 7.05 Å². The van der Waals surface area contributed by atoms with E-state index in [0.29, 0.717) is 23.7 Å². The first-order valence-electron chi connectivity index (χ1n) is 9.07. The van der Waals surface area contributed by atoms with Crippen LogP contribution in [0.15, 0.2) is 24.3 Å². The molecule has 3 amide bonds. The summed E-state index contributed by atoms with van der Waals surface area (Å²) in [5.74, 6) is -0.587. The van der Waals surface area contributed by atoms with Crippen LogP contribution in [-0.2, 0) is 21.4 Å². The van der Waals surface area contributed by atoms with Crippen LogP contribution >= 0.6 is 0 Å². The molecule has 1 aromatic carbocycles. The second kappa shape index (κ2) is 6.74. The second-order valence-corrected chi connectivity index (χ2v) is 7.26. The van der Waals surface area contributed by atoms with Gasteiger partial charge in [0.25, 0.3) is 0 Å². The van der Waals surface area contributed by atoms with Gasteiger partial charge in [0.1, 0.15) is 11.6 Å². The van der Waals surface area contributed by atoms with Gasteiger partial charge in [-0.2, -0.15) is 5.10 Å². The van der Waals surface area contributed by atoms with Crippen molar-refractivity contribution in [1.82, 2.24) is 9.78 Å². The number of nitrogens with zero attached hydrogens (tertiary/aromatic N) is 3. The number of fused-ring (bicyclic) bond motifs is 1. The van der Waals surface area contributed by atoms with Gasteiger partial charge >= 0.3 is 0 Å². The van der Waals surface area contributed by atoms with Gasteiger partial charge in [-0.25, -0.2) is 4.39 Å². The summed E-state index contributed by atoms with van der Waals surface area (Å²) < 4.78 is 14.6. The molecule has 0 radical (unpaired) electrons. The molecule has 9 heteroatoms. The smallest absolute Gasteiger partial charge is 0.231 e. The van der Waals surface area contributed by atoms with Crippen LogP contribution in [0.1, 0.15) is 31.2 Å². The van der Waals surface area contributed by atoms with Gasteiger partial charge in [0.15, 0.2) is 5.82 Å². The molecule has 0 spiro atoms. The Morgan fingerprint density at radius 2 is 1.96 bits per heavy atom. The first-order valence-corrected chi connectivity index (χ1v) is 9.07. The first-order chi connectivity index (χ1) is 13.3. The number of carbonyl (C=O) groups is 3. The zero-order chi connectivity index (χ0) is 20.0. The van der Waals surface area contributed by atoms with Crippen molar-refractivity contribution in [2.75, 3.05) is 22.1 Å². The van der Waals surface area contributed by atoms with E-state index in [4.69, 9.17) is 0 Å². The molecular weight excluding hydrogens is 365 g/mol. The van der Waals surface area contributed by atoms with E-state index in [-0.39, 0.29) is 42.4 Å². The Balaban J connectivity index is 1.51. The third-order valence-corrected chi connectivity index (χ3v) is 5.20. The molecule has 1 saturated heterocycles. The Morgan fingerprint density at radius 1 is 1.25 bits per heavy atom. The number of carbonyl (C=O) groups excluding carboxylic acids is 3.